The summed E-state index contributed by atoms with van der Waals surface area (Å²) in [6.07, 6.45) is 1.95. The number of aromatic nitrogens is 1. The van der Waals surface area contributed by atoms with Crippen molar-refractivity contribution in [3.63, 3.8) is 0 Å². The van der Waals surface area contributed by atoms with Crippen molar-refractivity contribution in [3.05, 3.63) is 16.6 Å². The van der Waals surface area contributed by atoms with E-state index in [0.29, 0.717) is 17.4 Å². The van der Waals surface area contributed by atoms with Crippen LogP contribution >= 0.6 is 11.3 Å². The first kappa shape index (κ1) is 12.7. The Morgan fingerprint density at radius 3 is 2.53 bits per heavy atom. The molecule has 0 aliphatic rings. The lowest BCUT2D eigenvalue weighted by molar-refractivity contribution is 0.247. The summed E-state index contributed by atoms with van der Waals surface area (Å²) in [5, 5.41) is 3.56. The molecule has 1 aromatic heterocycles. The van der Waals surface area contributed by atoms with Gasteiger partial charge in [0.2, 0.25) is 0 Å². The molecule has 0 aliphatic carbocycles. The topological polar surface area (TPSA) is 24.9 Å². The summed E-state index contributed by atoms with van der Waals surface area (Å²) in [6.45, 7) is 12.4. The van der Waals surface area contributed by atoms with Gasteiger partial charge in [-0.15, -0.1) is 11.3 Å². The van der Waals surface area contributed by atoms with Crippen molar-refractivity contribution >= 4 is 11.3 Å². The van der Waals surface area contributed by atoms with E-state index < -0.39 is 0 Å². The minimum absolute atomic E-state index is 0.375. The Hall–Kier alpha value is -0.410. The first-order valence-electron chi connectivity index (χ1n) is 5.53. The van der Waals surface area contributed by atoms with Gasteiger partial charge in [-0.25, -0.2) is 0 Å². The molecule has 0 aliphatic heterocycles. The Labute approximate surface area is 97.1 Å². The van der Waals surface area contributed by atoms with E-state index in [-0.39, 0.29) is 0 Å². The van der Waals surface area contributed by atoms with Crippen LogP contribution in [-0.2, 0) is 0 Å². The van der Waals surface area contributed by atoms with Crippen molar-refractivity contribution in [2.75, 3.05) is 6.54 Å². The highest BCUT2D eigenvalue weighted by molar-refractivity contribution is 7.09. The van der Waals surface area contributed by atoms with Crippen LogP contribution in [0.15, 0.2) is 11.7 Å². The zero-order chi connectivity index (χ0) is 11.5. The van der Waals surface area contributed by atoms with Crippen LogP contribution in [0.2, 0.25) is 0 Å². The SMILES string of the molecule is CC(NCC(C)C(C)(C)C)c1cncs1. The van der Waals surface area contributed by atoms with Crippen molar-refractivity contribution < 1.29 is 0 Å². The first-order chi connectivity index (χ1) is 6.91. The molecule has 2 atom stereocenters. The summed E-state index contributed by atoms with van der Waals surface area (Å²) in [5.74, 6) is 0.674. The predicted molar refractivity (Wildman–Crippen MR) is 67.2 cm³/mol. The summed E-state index contributed by atoms with van der Waals surface area (Å²) < 4.78 is 0. The van der Waals surface area contributed by atoms with E-state index in [9.17, 15) is 0 Å². The largest absolute Gasteiger partial charge is 0.309 e. The number of nitrogens with zero attached hydrogens (tertiary/aromatic N) is 1. The molecular formula is C12H22N2S. The van der Waals surface area contributed by atoms with Gasteiger partial charge in [-0.1, -0.05) is 27.7 Å². The fraction of sp³-hybridized carbons (Fsp3) is 0.750. The van der Waals surface area contributed by atoms with E-state index in [1.54, 1.807) is 11.3 Å². The molecule has 3 heteroatoms. The van der Waals surface area contributed by atoms with E-state index in [4.69, 9.17) is 0 Å². The molecule has 0 amide bonds. The second-order valence-corrected chi connectivity index (χ2v) is 6.22. The molecule has 1 N–H and O–H groups in total. The van der Waals surface area contributed by atoms with Gasteiger partial charge in [-0.2, -0.15) is 0 Å². The van der Waals surface area contributed by atoms with Crippen molar-refractivity contribution in [2.45, 2.75) is 40.7 Å². The van der Waals surface area contributed by atoms with Gasteiger partial charge in [-0.3, -0.25) is 4.98 Å². The van der Waals surface area contributed by atoms with E-state index in [1.807, 2.05) is 11.7 Å². The molecule has 0 bridgehead atoms. The van der Waals surface area contributed by atoms with E-state index in [0.717, 1.165) is 6.54 Å². The standard InChI is InChI=1S/C12H22N2S/c1-9(12(3,4)5)6-14-10(2)11-7-13-8-15-11/h7-10,14H,6H2,1-5H3. The van der Waals surface area contributed by atoms with Crippen LogP contribution in [0.1, 0.15) is 45.5 Å². The van der Waals surface area contributed by atoms with Crippen LogP contribution in [0, 0.1) is 11.3 Å². The van der Waals surface area contributed by atoms with Gasteiger partial charge in [0, 0.05) is 17.1 Å². The third-order valence-corrected chi connectivity index (χ3v) is 4.05. The van der Waals surface area contributed by atoms with Crippen LogP contribution in [0.3, 0.4) is 0 Å². The third kappa shape index (κ3) is 3.92. The molecule has 1 heterocycles. The van der Waals surface area contributed by atoms with Crippen LogP contribution < -0.4 is 5.32 Å². The average molecular weight is 226 g/mol. The fourth-order valence-corrected chi connectivity index (χ4v) is 1.85. The number of nitrogens with one attached hydrogen (secondary N) is 1. The van der Waals surface area contributed by atoms with Crippen molar-refractivity contribution in [1.29, 1.82) is 0 Å². The summed E-state index contributed by atoms with van der Waals surface area (Å²) in [4.78, 5) is 5.41. The normalized spacial score (nSPS) is 16.3. The molecular weight excluding hydrogens is 204 g/mol. The summed E-state index contributed by atoms with van der Waals surface area (Å²) >= 11 is 1.72. The summed E-state index contributed by atoms with van der Waals surface area (Å²) in [7, 11) is 0. The molecule has 2 unspecified atom stereocenters. The number of hydrogen-bond acceptors (Lipinski definition) is 3. The molecule has 1 rings (SSSR count). The maximum absolute atomic E-state index is 4.10. The average Bonchev–Trinajstić information content (AvgIpc) is 2.64. The molecule has 0 saturated carbocycles. The molecule has 0 aromatic carbocycles. The Bertz CT molecular complexity index is 274. The highest BCUT2D eigenvalue weighted by Crippen LogP contribution is 2.25. The van der Waals surface area contributed by atoms with Crippen LogP contribution in [0.25, 0.3) is 0 Å². The first-order valence-corrected chi connectivity index (χ1v) is 6.41. The zero-order valence-electron chi connectivity index (χ0n) is 10.4. The molecule has 0 fully saturated rings. The fourth-order valence-electron chi connectivity index (χ4n) is 1.20. The van der Waals surface area contributed by atoms with Crippen LogP contribution in [0.5, 0.6) is 0 Å². The molecule has 86 valence electrons. The number of rotatable bonds is 4. The van der Waals surface area contributed by atoms with Crippen molar-refractivity contribution in [1.82, 2.24) is 10.3 Å². The second kappa shape index (κ2) is 5.08. The quantitative estimate of drug-likeness (QED) is 0.850. The minimum atomic E-state index is 0.375. The van der Waals surface area contributed by atoms with Gasteiger partial charge in [-0.05, 0) is 24.8 Å². The second-order valence-electron chi connectivity index (χ2n) is 5.30. The van der Waals surface area contributed by atoms with E-state index >= 15 is 0 Å². The lowest BCUT2D eigenvalue weighted by Crippen LogP contribution is -2.31. The minimum Gasteiger partial charge on any atom is -0.309 e. The van der Waals surface area contributed by atoms with Crippen molar-refractivity contribution in [2.24, 2.45) is 11.3 Å². The molecule has 0 radical (unpaired) electrons. The molecule has 0 saturated heterocycles. The molecule has 15 heavy (non-hydrogen) atoms. The zero-order valence-corrected chi connectivity index (χ0v) is 11.2. The highest BCUT2D eigenvalue weighted by atomic mass is 32.1. The number of thiazole rings is 1. The van der Waals surface area contributed by atoms with E-state index in [2.05, 4.69) is 44.9 Å². The van der Waals surface area contributed by atoms with Crippen LogP contribution in [-0.4, -0.2) is 11.5 Å². The van der Waals surface area contributed by atoms with E-state index in [1.165, 1.54) is 4.88 Å². The lowest BCUT2D eigenvalue weighted by atomic mass is 9.82. The highest BCUT2D eigenvalue weighted by Gasteiger charge is 2.20. The van der Waals surface area contributed by atoms with Crippen molar-refractivity contribution in [3.8, 4) is 0 Å². The monoisotopic (exact) mass is 226 g/mol. The maximum atomic E-state index is 4.10. The molecule has 2 nitrogen and oxygen atoms in total. The van der Waals surface area contributed by atoms with Gasteiger partial charge < -0.3 is 5.32 Å². The van der Waals surface area contributed by atoms with Crippen LogP contribution in [0.4, 0.5) is 0 Å². The van der Waals surface area contributed by atoms with Gasteiger partial charge in [0.25, 0.3) is 0 Å². The van der Waals surface area contributed by atoms with Gasteiger partial charge in [0.1, 0.15) is 0 Å². The smallest absolute Gasteiger partial charge is 0.0794 e. The van der Waals surface area contributed by atoms with Gasteiger partial charge in [0.15, 0.2) is 0 Å². The Morgan fingerprint density at radius 1 is 1.40 bits per heavy atom. The Morgan fingerprint density at radius 2 is 2.07 bits per heavy atom. The molecule has 1 aromatic rings. The number of hydrogen-bond donors (Lipinski definition) is 1. The van der Waals surface area contributed by atoms with Gasteiger partial charge >= 0.3 is 0 Å². The molecule has 0 spiro atoms. The Kier molecular flexibility index (Phi) is 4.29. The maximum Gasteiger partial charge on any atom is 0.0794 e. The summed E-state index contributed by atoms with van der Waals surface area (Å²) in [5.41, 5.74) is 2.26. The van der Waals surface area contributed by atoms with Gasteiger partial charge in [0.05, 0.1) is 5.51 Å². The Balaban J connectivity index is 2.38. The predicted octanol–water partition coefficient (Wildman–Crippen LogP) is 3.48. The third-order valence-electron chi connectivity index (χ3n) is 3.09. The summed E-state index contributed by atoms with van der Waals surface area (Å²) in [6, 6.07) is 0.419. The lowest BCUT2D eigenvalue weighted by Gasteiger charge is -2.28.